The van der Waals surface area contributed by atoms with Crippen LogP contribution >= 0.6 is 11.6 Å². The fourth-order valence-corrected chi connectivity index (χ4v) is 3.44. The maximum absolute atomic E-state index is 11.5. The van der Waals surface area contributed by atoms with Gasteiger partial charge in [0, 0.05) is 35.3 Å². The summed E-state index contributed by atoms with van der Waals surface area (Å²) < 4.78 is 24.3. The number of hydrogen-bond acceptors (Lipinski definition) is 4. The summed E-state index contributed by atoms with van der Waals surface area (Å²) in [5.41, 5.74) is 2.67. The van der Waals surface area contributed by atoms with Crippen molar-refractivity contribution in [2.24, 2.45) is 0 Å². The topological polar surface area (TPSA) is 63.2 Å². The lowest BCUT2D eigenvalue weighted by Gasteiger charge is -2.36. The molecule has 0 amide bonds. The van der Waals surface area contributed by atoms with Crippen LogP contribution in [0.15, 0.2) is 30.3 Å². The van der Waals surface area contributed by atoms with Crippen LogP contribution in [0.3, 0.4) is 0 Å². The Kier molecular flexibility index (Phi) is 3.92. The van der Waals surface area contributed by atoms with Gasteiger partial charge in [-0.2, -0.15) is 0 Å². The minimum atomic E-state index is -3.12. The Hall–Kier alpha value is -1.50. The molecule has 0 aliphatic carbocycles. The molecule has 3 rings (SSSR count). The summed E-state index contributed by atoms with van der Waals surface area (Å²) in [4.78, 5) is 9.05. The average Bonchev–Trinajstić information content (AvgIpc) is 2.35. The number of benzene rings is 1. The van der Waals surface area contributed by atoms with E-state index in [0.29, 0.717) is 23.9 Å². The minimum Gasteiger partial charge on any atom is -0.238 e. The number of sulfonamides is 1. The number of hydrogen-bond donors (Lipinski definition) is 0. The molecule has 0 saturated carbocycles. The zero-order chi connectivity index (χ0) is 15.9. The highest BCUT2D eigenvalue weighted by Crippen LogP contribution is 2.28. The summed E-state index contributed by atoms with van der Waals surface area (Å²) >= 11 is 5.91. The van der Waals surface area contributed by atoms with Gasteiger partial charge < -0.3 is 0 Å². The molecule has 0 unspecified atom stereocenters. The van der Waals surface area contributed by atoms with Crippen molar-refractivity contribution in [2.75, 3.05) is 19.3 Å². The molecule has 0 bridgehead atoms. The van der Waals surface area contributed by atoms with Crippen LogP contribution < -0.4 is 0 Å². The van der Waals surface area contributed by atoms with Crippen LogP contribution in [0.4, 0.5) is 0 Å². The Morgan fingerprint density at radius 3 is 2.41 bits per heavy atom. The standard InChI is InChI=1S/C15H16ClN3O2S/c1-10-7-14(11-3-5-13(16)6-4-11)18-15(17-10)12-8-19(9-12)22(2,20)21/h3-7,12H,8-9H2,1-2H3. The van der Waals surface area contributed by atoms with Crippen LogP contribution in [0, 0.1) is 6.92 Å². The third-order valence-electron chi connectivity index (χ3n) is 3.69. The van der Waals surface area contributed by atoms with Crippen LogP contribution in [0.25, 0.3) is 11.3 Å². The van der Waals surface area contributed by atoms with Gasteiger partial charge >= 0.3 is 0 Å². The smallest absolute Gasteiger partial charge is 0.211 e. The molecule has 7 heteroatoms. The molecule has 0 spiro atoms. The molecule has 1 aromatic heterocycles. The highest BCUT2D eigenvalue weighted by molar-refractivity contribution is 7.88. The Labute approximate surface area is 135 Å². The number of rotatable bonds is 3. The first-order valence-electron chi connectivity index (χ1n) is 6.89. The fraction of sp³-hybridized carbons (Fsp3) is 0.333. The van der Waals surface area contributed by atoms with Gasteiger partial charge in [0.05, 0.1) is 11.9 Å². The van der Waals surface area contributed by atoms with E-state index in [2.05, 4.69) is 9.97 Å². The lowest BCUT2D eigenvalue weighted by molar-refractivity contribution is 0.257. The van der Waals surface area contributed by atoms with E-state index in [4.69, 9.17) is 11.6 Å². The van der Waals surface area contributed by atoms with Crippen molar-refractivity contribution >= 4 is 21.6 Å². The molecule has 2 aromatic rings. The van der Waals surface area contributed by atoms with E-state index in [1.165, 1.54) is 10.6 Å². The van der Waals surface area contributed by atoms with Gasteiger partial charge in [-0.25, -0.2) is 22.7 Å². The maximum Gasteiger partial charge on any atom is 0.211 e. The second-order valence-electron chi connectivity index (χ2n) is 5.54. The number of nitrogens with zero attached hydrogens (tertiary/aromatic N) is 3. The summed E-state index contributed by atoms with van der Waals surface area (Å²) in [5.74, 6) is 0.755. The van der Waals surface area contributed by atoms with E-state index in [1.54, 1.807) is 0 Å². The summed E-state index contributed by atoms with van der Waals surface area (Å²) in [6.45, 7) is 2.81. The van der Waals surface area contributed by atoms with E-state index in [1.807, 2.05) is 37.3 Å². The molecule has 0 atom stereocenters. The quantitative estimate of drug-likeness (QED) is 0.863. The number of aromatic nitrogens is 2. The third-order valence-corrected chi connectivity index (χ3v) is 5.18. The van der Waals surface area contributed by atoms with Crippen molar-refractivity contribution in [2.45, 2.75) is 12.8 Å². The van der Waals surface area contributed by atoms with Crippen LogP contribution in [-0.2, 0) is 10.0 Å². The van der Waals surface area contributed by atoms with E-state index >= 15 is 0 Å². The molecule has 1 aliphatic rings. The molecule has 1 aliphatic heterocycles. The van der Waals surface area contributed by atoms with E-state index in [-0.39, 0.29) is 5.92 Å². The monoisotopic (exact) mass is 337 g/mol. The maximum atomic E-state index is 11.5. The fourth-order valence-electron chi connectivity index (χ4n) is 2.41. The molecule has 5 nitrogen and oxygen atoms in total. The predicted octanol–water partition coefficient (Wildman–Crippen LogP) is 2.46. The molecule has 22 heavy (non-hydrogen) atoms. The first-order valence-corrected chi connectivity index (χ1v) is 9.12. The van der Waals surface area contributed by atoms with Crippen LogP contribution in [0.5, 0.6) is 0 Å². The molecule has 1 saturated heterocycles. The van der Waals surface area contributed by atoms with Crippen molar-refractivity contribution in [3.63, 3.8) is 0 Å². The summed E-state index contributed by atoms with van der Waals surface area (Å²) in [5, 5.41) is 0.678. The van der Waals surface area contributed by atoms with Gasteiger partial charge in [0.25, 0.3) is 0 Å². The van der Waals surface area contributed by atoms with Gasteiger partial charge in [0.2, 0.25) is 10.0 Å². The second kappa shape index (κ2) is 5.61. The molecule has 0 N–H and O–H groups in total. The summed E-state index contributed by atoms with van der Waals surface area (Å²) in [7, 11) is -3.12. The van der Waals surface area contributed by atoms with Gasteiger partial charge in [-0.05, 0) is 25.1 Å². The van der Waals surface area contributed by atoms with Gasteiger partial charge in [-0.3, -0.25) is 0 Å². The molecule has 0 radical (unpaired) electrons. The van der Waals surface area contributed by atoms with Crippen molar-refractivity contribution in [3.05, 3.63) is 46.9 Å². The van der Waals surface area contributed by atoms with Crippen LogP contribution in [0.1, 0.15) is 17.4 Å². The zero-order valence-electron chi connectivity index (χ0n) is 12.3. The van der Waals surface area contributed by atoms with Crippen LogP contribution in [-0.4, -0.2) is 42.0 Å². The minimum absolute atomic E-state index is 0.0562. The van der Waals surface area contributed by atoms with Crippen LogP contribution in [0.2, 0.25) is 5.02 Å². The van der Waals surface area contributed by atoms with Crippen molar-refractivity contribution in [1.82, 2.24) is 14.3 Å². The molecule has 1 fully saturated rings. The number of aryl methyl sites for hydroxylation is 1. The third kappa shape index (κ3) is 3.14. The predicted molar refractivity (Wildman–Crippen MR) is 86.4 cm³/mol. The average molecular weight is 338 g/mol. The van der Waals surface area contributed by atoms with Gasteiger partial charge in [-0.1, -0.05) is 23.7 Å². The molecule has 2 heterocycles. The lowest BCUT2D eigenvalue weighted by atomic mass is 10.0. The molecular weight excluding hydrogens is 322 g/mol. The highest BCUT2D eigenvalue weighted by atomic mass is 35.5. The Morgan fingerprint density at radius 1 is 1.18 bits per heavy atom. The Balaban J connectivity index is 1.87. The lowest BCUT2D eigenvalue weighted by Crippen LogP contribution is -2.48. The van der Waals surface area contributed by atoms with E-state index < -0.39 is 10.0 Å². The zero-order valence-corrected chi connectivity index (χ0v) is 13.9. The highest BCUT2D eigenvalue weighted by Gasteiger charge is 2.36. The van der Waals surface area contributed by atoms with Crippen molar-refractivity contribution < 1.29 is 8.42 Å². The first kappa shape index (κ1) is 15.4. The SMILES string of the molecule is Cc1cc(-c2ccc(Cl)cc2)nc(C2CN(S(C)(=O)=O)C2)n1. The molecule has 1 aromatic carbocycles. The first-order chi connectivity index (χ1) is 10.3. The summed E-state index contributed by atoms with van der Waals surface area (Å²) in [6, 6.07) is 9.39. The van der Waals surface area contributed by atoms with Crippen molar-refractivity contribution in [1.29, 1.82) is 0 Å². The van der Waals surface area contributed by atoms with Gasteiger partial charge in [0.15, 0.2) is 0 Å². The van der Waals surface area contributed by atoms with E-state index in [0.717, 1.165) is 17.0 Å². The van der Waals surface area contributed by atoms with Gasteiger partial charge in [-0.15, -0.1) is 0 Å². The van der Waals surface area contributed by atoms with Gasteiger partial charge in [0.1, 0.15) is 5.82 Å². The Bertz CT molecular complexity index is 800. The Morgan fingerprint density at radius 2 is 1.82 bits per heavy atom. The second-order valence-corrected chi connectivity index (χ2v) is 7.96. The molecular formula is C15H16ClN3O2S. The normalized spacial score (nSPS) is 16.5. The largest absolute Gasteiger partial charge is 0.238 e. The number of halogens is 1. The molecule has 116 valence electrons. The van der Waals surface area contributed by atoms with E-state index in [9.17, 15) is 8.42 Å². The van der Waals surface area contributed by atoms with Crippen molar-refractivity contribution in [3.8, 4) is 11.3 Å². The summed E-state index contributed by atoms with van der Waals surface area (Å²) in [6.07, 6.45) is 1.22.